The van der Waals surface area contributed by atoms with Crippen LogP contribution in [-0.4, -0.2) is 5.11 Å². The first kappa shape index (κ1) is 13.4. The number of rotatable bonds is 3. The minimum absolute atomic E-state index is 0.230. The third-order valence-corrected chi connectivity index (χ3v) is 3.90. The van der Waals surface area contributed by atoms with Crippen LogP contribution >= 0.6 is 0 Å². The van der Waals surface area contributed by atoms with Gasteiger partial charge in [-0.1, -0.05) is 79.7 Å². The normalized spacial score (nSPS) is 12.0. The predicted molar refractivity (Wildman–Crippen MR) is 87.5 cm³/mol. The van der Waals surface area contributed by atoms with Gasteiger partial charge in [0.2, 0.25) is 0 Å². The van der Waals surface area contributed by atoms with E-state index < -0.39 is 0 Å². The molecule has 0 amide bonds. The lowest BCUT2D eigenvalue weighted by molar-refractivity contribution is 0.476. The molecular formula is C20H18O. The molecule has 0 saturated heterocycles. The number of phenols is 1. The third-order valence-electron chi connectivity index (χ3n) is 3.90. The Balaban J connectivity index is 2.14. The largest absolute Gasteiger partial charge is 0.507 e. The summed E-state index contributed by atoms with van der Waals surface area (Å²) >= 11 is 0. The summed E-state index contributed by atoms with van der Waals surface area (Å²) in [4.78, 5) is 0. The fourth-order valence-electron chi connectivity index (χ4n) is 2.76. The molecule has 3 aromatic carbocycles. The highest BCUT2D eigenvalue weighted by molar-refractivity contribution is 5.74. The average Bonchev–Trinajstić information content (AvgIpc) is 2.55. The lowest BCUT2D eigenvalue weighted by atomic mass is 9.87. The maximum absolute atomic E-state index is 10.3. The van der Waals surface area contributed by atoms with Crippen LogP contribution in [0.1, 0.15) is 24.0 Å². The van der Waals surface area contributed by atoms with Gasteiger partial charge in [-0.3, -0.25) is 0 Å². The third kappa shape index (κ3) is 2.68. The highest BCUT2D eigenvalue weighted by Gasteiger charge is 2.16. The minimum Gasteiger partial charge on any atom is -0.507 e. The van der Waals surface area contributed by atoms with Gasteiger partial charge in [0.1, 0.15) is 5.75 Å². The summed E-state index contributed by atoms with van der Waals surface area (Å²) in [5.74, 6) is 0.565. The van der Waals surface area contributed by atoms with Gasteiger partial charge in [0, 0.05) is 11.5 Å². The van der Waals surface area contributed by atoms with Gasteiger partial charge in [0.25, 0.3) is 0 Å². The van der Waals surface area contributed by atoms with Crippen LogP contribution in [0.25, 0.3) is 11.1 Å². The molecule has 0 spiro atoms. The quantitative estimate of drug-likeness (QED) is 0.695. The summed E-state index contributed by atoms with van der Waals surface area (Å²) < 4.78 is 0. The van der Waals surface area contributed by atoms with Gasteiger partial charge in [0.05, 0.1) is 0 Å². The molecule has 0 aliphatic heterocycles. The van der Waals surface area contributed by atoms with Crippen LogP contribution in [0.3, 0.4) is 0 Å². The molecule has 1 nitrogen and oxygen atoms in total. The Morgan fingerprint density at radius 1 is 0.714 bits per heavy atom. The lowest BCUT2D eigenvalue weighted by Gasteiger charge is -2.18. The molecule has 0 aromatic heterocycles. The van der Waals surface area contributed by atoms with E-state index in [9.17, 15) is 5.11 Å². The number of benzene rings is 3. The Kier molecular flexibility index (Phi) is 3.74. The smallest absolute Gasteiger partial charge is 0.123 e. The molecule has 3 aromatic rings. The van der Waals surface area contributed by atoms with Crippen LogP contribution in [0.4, 0.5) is 0 Å². The molecule has 0 bridgehead atoms. The second kappa shape index (κ2) is 5.84. The molecule has 1 N–H and O–H groups in total. The van der Waals surface area contributed by atoms with E-state index in [4.69, 9.17) is 0 Å². The highest BCUT2D eigenvalue weighted by atomic mass is 16.3. The van der Waals surface area contributed by atoms with E-state index in [1.54, 1.807) is 6.07 Å². The Bertz CT molecular complexity index is 717. The fraction of sp³-hybridized carbons (Fsp3) is 0.100. The van der Waals surface area contributed by atoms with Crippen molar-refractivity contribution in [1.82, 2.24) is 0 Å². The van der Waals surface area contributed by atoms with Gasteiger partial charge in [-0.2, -0.15) is 0 Å². The van der Waals surface area contributed by atoms with Crippen molar-refractivity contribution in [3.8, 4) is 16.9 Å². The van der Waals surface area contributed by atoms with E-state index in [2.05, 4.69) is 37.3 Å². The number of hydrogen-bond donors (Lipinski definition) is 1. The minimum atomic E-state index is 0.230. The van der Waals surface area contributed by atoms with Crippen molar-refractivity contribution >= 4 is 0 Å². The van der Waals surface area contributed by atoms with E-state index in [0.29, 0.717) is 5.75 Å². The monoisotopic (exact) mass is 274 g/mol. The summed E-state index contributed by atoms with van der Waals surface area (Å²) in [7, 11) is 0. The second-order valence-corrected chi connectivity index (χ2v) is 5.24. The number of aromatic hydroxyl groups is 1. The molecule has 0 radical (unpaired) electrons. The summed E-state index contributed by atoms with van der Waals surface area (Å²) in [5.41, 5.74) is 4.37. The predicted octanol–water partition coefficient (Wildman–Crippen LogP) is 5.21. The zero-order chi connectivity index (χ0) is 14.7. The summed E-state index contributed by atoms with van der Waals surface area (Å²) in [6.45, 7) is 2.18. The van der Waals surface area contributed by atoms with Crippen molar-refractivity contribution in [2.24, 2.45) is 0 Å². The molecule has 0 saturated carbocycles. The van der Waals surface area contributed by atoms with Crippen molar-refractivity contribution in [3.05, 3.63) is 90.0 Å². The lowest BCUT2D eigenvalue weighted by Crippen LogP contribution is -1.99. The van der Waals surface area contributed by atoms with Gasteiger partial charge in [-0.05, 0) is 22.8 Å². The van der Waals surface area contributed by atoms with Crippen molar-refractivity contribution < 1.29 is 5.11 Å². The Labute approximate surface area is 125 Å². The molecule has 3 rings (SSSR count). The van der Waals surface area contributed by atoms with Crippen LogP contribution in [-0.2, 0) is 0 Å². The van der Waals surface area contributed by atoms with Crippen molar-refractivity contribution in [2.75, 3.05) is 0 Å². The van der Waals surface area contributed by atoms with E-state index in [-0.39, 0.29) is 5.92 Å². The average molecular weight is 274 g/mol. The van der Waals surface area contributed by atoms with E-state index in [1.165, 1.54) is 5.56 Å². The van der Waals surface area contributed by atoms with Crippen molar-refractivity contribution in [3.63, 3.8) is 0 Å². The first-order valence-electron chi connectivity index (χ1n) is 7.19. The maximum Gasteiger partial charge on any atom is 0.123 e. The van der Waals surface area contributed by atoms with Crippen LogP contribution in [0.2, 0.25) is 0 Å². The van der Waals surface area contributed by atoms with Crippen LogP contribution in [0, 0.1) is 0 Å². The van der Waals surface area contributed by atoms with Gasteiger partial charge >= 0.3 is 0 Å². The number of phenolic OH excluding ortho intramolecular Hbond substituents is 1. The van der Waals surface area contributed by atoms with Crippen LogP contribution < -0.4 is 0 Å². The summed E-state index contributed by atoms with van der Waals surface area (Å²) in [6.07, 6.45) is 0. The molecule has 104 valence electrons. The van der Waals surface area contributed by atoms with Crippen LogP contribution in [0.5, 0.6) is 5.75 Å². The Morgan fingerprint density at radius 3 is 2.00 bits per heavy atom. The van der Waals surface area contributed by atoms with E-state index in [1.807, 2.05) is 42.5 Å². The van der Waals surface area contributed by atoms with Gasteiger partial charge in [0.15, 0.2) is 0 Å². The molecular weight excluding hydrogens is 256 g/mol. The molecule has 0 aliphatic rings. The summed E-state index contributed by atoms with van der Waals surface area (Å²) in [6, 6.07) is 26.2. The van der Waals surface area contributed by atoms with Gasteiger partial charge in [-0.15, -0.1) is 0 Å². The number of hydrogen-bond acceptors (Lipinski definition) is 1. The zero-order valence-electron chi connectivity index (χ0n) is 12.0. The van der Waals surface area contributed by atoms with Gasteiger partial charge in [-0.25, -0.2) is 0 Å². The molecule has 0 aliphatic carbocycles. The topological polar surface area (TPSA) is 20.2 Å². The molecule has 1 heteroatoms. The summed E-state index contributed by atoms with van der Waals surface area (Å²) in [5, 5.41) is 10.3. The zero-order valence-corrected chi connectivity index (χ0v) is 12.0. The maximum atomic E-state index is 10.3. The SMILES string of the molecule is CC(c1ccccc1)c1cccc(O)c1-c1ccccc1. The molecule has 1 atom stereocenters. The molecule has 1 unspecified atom stereocenters. The Hall–Kier alpha value is -2.54. The van der Waals surface area contributed by atoms with E-state index in [0.717, 1.165) is 16.7 Å². The van der Waals surface area contributed by atoms with Gasteiger partial charge < -0.3 is 5.11 Å². The highest BCUT2D eigenvalue weighted by Crippen LogP contribution is 2.38. The second-order valence-electron chi connectivity index (χ2n) is 5.24. The molecule has 0 fully saturated rings. The molecule has 0 heterocycles. The van der Waals surface area contributed by atoms with E-state index >= 15 is 0 Å². The fourth-order valence-corrected chi connectivity index (χ4v) is 2.76. The first-order valence-corrected chi connectivity index (χ1v) is 7.19. The molecule has 21 heavy (non-hydrogen) atoms. The Morgan fingerprint density at radius 2 is 1.33 bits per heavy atom. The van der Waals surface area contributed by atoms with Crippen molar-refractivity contribution in [1.29, 1.82) is 0 Å². The standard InChI is InChI=1S/C20H18O/c1-15(16-9-4-2-5-10-16)18-13-8-14-19(21)20(18)17-11-6-3-7-12-17/h2-15,21H,1H3. The van der Waals surface area contributed by atoms with Crippen molar-refractivity contribution in [2.45, 2.75) is 12.8 Å². The van der Waals surface area contributed by atoms with Crippen LogP contribution in [0.15, 0.2) is 78.9 Å². The first-order chi connectivity index (χ1) is 10.3.